The number of morpholine rings is 1. The lowest BCUT2D eigenvalue weighted by Gasteiger charge is -2.33. The van der Waals surface area contributed by atoms with Crippen LogP contribution in [0.25, 0.3) is 0 Å². The number of nitrogens with zero attached hydrogens (tertiary/aromatic N) is 2. The normalized spacial score (nSPS) is 23.7. The molecule has 5 heteroatoms. The molecule has 19 heavy (non-hydrogen) atoms. The molecule has 1 aromatic heterocycles. The molecule has 0 amide bonds. The second kappa shape index (κ2) is 5.43. The van der Waals surface area contributed by atoms with E-state index < -0.39 is 0 Å². The van der Waals surface area contributed by atoms with Crippen molar-refractivity contribution in [3.8, 4) is 0 Å². The van der Waals surface area contributed by atoms with Crippen molar-refractivity contribution in [3.63, 3.8) is 0 Å². The lowest BCUT2D eigenvalue weighted by atomic mass is 10.2. The Kier molecular flexibility index (Phi) is 3.66. The summed E-state index contributed by atoms with van der Waals surface area (Å²) in [6, 6.07) is 2.21. The maximum Gasteiger partial charge on any atom is 0.141 e. The van der Waals surface area contributed by atoms with Crippen LogP contribution in [0.15, 0.2) is 12.3 Å². The first-order valence-electron chi connectivity index (χ1n) is 6.97. The van der Waals surface area contributed by atoms with E-state index in [1.807, 2.05) is 0 Å². The molecule has 1 unspecified atom stereocenters. The molecule has 2 aliphatic rings. The lowest BCUT2D eigenvalue weighted by molar-refractivity contribution is 0.0528. The molecule has 1 N–H and O–H groups in total. The van der Waals surface area contributed by atoms with Gasteiger partial charge in [0.2, 0.25) is 0 Å². The number of halogens is 1. The minimum absolute atomic E-state index is 0.199. The summed E-state index contributed by atoms with van der Waals surface area (Å²) < 4.78 is 18.9. The molecule has 0 bridgehead atoms. The van der Waals surface area contributed by atoms with Crippen LogP contribution in [0.5, 0.6) is 0 Å². The van der Waals surface area contributed by atoms with Gasteiger partial charge in [-0.3, -0.25) is 0 Å². The summed E-state index contributed by atoms with van der Waals surface area (Å²) in [6.07, 6.45) is 3.96. The van der Waals surface area contributed by atoms with Crippen molar-refractivity contribution in [1.82, 2.24) is 10.3 Å². The van der Waals surface area contributed by atoms with E-state index in [1.54, 1.807) is 6.07 Å². The third kappa shape index (κ3) is 3.22. The highest BCUT2D eigenvalue weighted by molar-refractivity contribution is 5.47. The number of pyridine rings is 1. The Balaban J connectivity index is 1.77. The Hall–Kier alpha value is -1.20. The van der Waals surface area contributed by atoms with Gasteiger partial charge < -0.3 is 15.0 Å². The minimum Gasteiger partial charge on any atom is -0.375 e. The Morgan fingerprint density at radius 2 is 2.37 bits per heavy atom. The second-order valence-corrected chi connectivity index (χ2v) is 5.42. The first kappa shape index (κ1) is 12.8. The molecule has 1 saturated carbocycles. The van der Waals surface area contributed by atoms with E-state index in [0.29, 0.717) is 19.2 Å². The zero-order valence-corrected chi connectivity index (χ0v) is 11.2. The third-order valence-corrected chi connectivity index (χ3v) is 3.61. The average Bonchev–Trinajstić information content (AvgIpc) is 3.20. The fourth-order valence-corrected chi connectivity index (χ4v) is 2.44. The van der Waals surface area contributed by atoms with Gasteiger partial charge in [0, 0.05) is 31.2 Å². The molecule has 1 aliphatic heterocycles. The monoisotopic (exact) mass is 265 g/mol. The smallest absolute Gasteiger partial charge is 0.141 e. The zero-order chi connectivity index (χ0) is 13.2. The van der Waals surface area contributed by atoms with Crippen LogP contribution < -0.4 is 10.2 Å². The van der Waals surface area contributed by atoms with Crippen LogP contribution in [0, 0.1) is 5.82 Å². The largest absolute Gasteiger partial charge is 0.375 e. The number of hydrogen-bond acceptors (Lipinski definition) is 4. The second-order valence-electron chi connectivity index (χ2n) is 5.42. The molecule has 4 nitrogen and oxygen atoms in total. The fraction of sp³-hybridized carbons (Fsp3) is 0.643. The first-order valence-corrected chi connectivity index (χ1v) is 6.97. The summed E-state index contributed by atoms with van der Waals surface area (Å²) in [5.41, 5.74) is 0.945. The Morgan fingerprint density at radius 1 is 1.53 bits per heavy atom. The third-order valence-electron chi connectivity index (χ3n) is 3.61. The van der Waals surface area contributed by atoms with Crippen molar-refractivity contribution in [1.29, 1.82) is 0 Å². The van der Waals surface area contributed by atoms with Crippen molar-refractivity contribution < 1.29 is 9.13 Å². The van der Waals surface area contributed by atoms with Gasteiger partial charge in [-0.2, -0.15) is 0 Å². The van der Waals surface area contributed by atoms with E-state index in [4.69, 9.17) is 4.74 Å². The van der Waals surface area contributed by atoms with E-state index in [-0.39, 0.29) is 11.9 Å². The predicted octanol–water partition coefficient (Wildman–Crippen LogP) is 1.70. The van der Waals surface area contributed by atoms with Crippen LogP contribution in [0.3, 0.4) is 0 Å². The SMILES string of the molecule is CC1CN(c2ncc(F)cc2CNC2CC2)CCO1. The molecule has 1 saturated heterocycles. The minimum atomic E-state index is -0.266. The van der Waals surface area contributed by atoms with Crippen molar-refractivity contribution in [2.75, 3.05) is 24.6 Å². The molecule has 104 valence electrons. The van der Waals surface area contributed by atoms with E-state index >= 15 is 0 Å². The van der Waals surface area contributed by atoms with Gasteiger partial charge in [0.15, 0.2) is 0 Å². The summed E-state index contributed by atoms with van der Waals surface area (Å²) in [7, 11) is 0. The topological polar surface area (TPSA) is 37.4 Å². The molecule has 0 radical (unpaired) electrons. The van der Waals surface area contributed by atoms with Crippen molar-refractivity contribution in [3.05, 3.63) is 23.6 Å². The fourth-order valence-electron chi connectivity index (χ4n) is 2.44. The van der Waals surface area contributed by atoms with Gasteiger partial charge in [-0.05, 0) is 25.8 Å². The Bertz CT molecular complexity index is 450. The number of nitrogens with one attached hydrogen (secondary N) is 1. The summed E-state index contributed by atoms with van der Waals surface area (Å²) >= 11 is 0. The summed E-state index contributed by atoms with van der Waals surface area (Å²) in [5.74, 6) is 0.627. The number of anilines is 1. The van der Waals surface area contributed by atoms with Gasteiger partial charge >= 0.3 is 0 Å². The van der Waals surface area contributed by atoms with Crippen LogP contribution in [0.2, 0.25) is 0 Å². The van der Waals surface area contributed by atoms with Gasteiger partial charge in [0.1, 0.15) is 11.6 Å². The Labute approximate surface area is 113 Å². The lowest BCUT2D eigenvalue weighted by Crippen LogP contribution is -2.42. The maximum absolute atomic E-state index is 13.4. The number of rotatable bonds is 4. The van der Waals surface area contributed by atoms with Crippen LogP contribution in [-0.2, 0) is 11.3 Å². The summed E-state index contributed by atoms with van der Waals surface area (Å²) in [4.78, 5) is 6.48. The number of aromatic nitrogens is 1. The highest BCUT2D eigenvalue weighted by Crippen LogP contribution is 2.24. The zero-order valence-electron chi connectivity index (χ0n) is 11.2. The van der Waals surface area contributed by atoms with Gasteiger partial charge in [-0.15, -0.1) is 0 Å². The van der Waals surface area contributed by atoms with Crippen LogP contribution in [0.1, 0.15) is 25.3 Å². The number of hydrogen-bond donors (Lipinski definition) is 1. The van der Waals surface area contributed by atoms with Gasteiger partial charge in [-0.25, -0.2) is 9.37 Å². The van der Waals surface area contributed by atoms with E-state index in [9.17, 15) is 4.39 Å². The van der Waals surface area contributed by atoms with Crippen LogP contribution >= 0.6 is 0 Å². The molecule has 3 rings (SSSR count). The Morgan fingerprint density at radius 3 is 3.11 bits per heavy atom. The van der Waals surface area contributed by atoms with Crippen molar-refractivity contribution >= 4 is 5.82 Å². The quantitative estimate of drug-likeness (QED) is 0.899. The number of ether oxygens (including phenoxy) is 1. The molecular weight excluding hydrogens is 245 g/mol. The molecular formula is C14H20FN3O. The van der Waals surface area contributed by atoms with Crippen LogP contribution in [0.4, 0.5) is 10.2 Å². The van der Waals surface area contributed by atoms with Crippen molar-refractivity contribution in [2.45, 2.75) is 38.5 Å². The maximum atomic E-state index is 13.4. The average molecular weight is 265 g/mol. The molecule has 2 fully saturated rings. The molecule has 1 aliphatic carbocycles. The van der Waals surface area contributed by atoms with E-state index in [0.717, 1.165) is 24.5 Å². The van der Waals surface area contributed by atoms with Crippen LogP contribution in [-0.4, -0.2) is 36.8 Å². The standard InChI is InChI=1S/C14H20FN3O/c1-10-9-18(4-5-19-10)14-11(6-12(15)8-17-14)7-16-13-2-3-13/h6,8,10,13,16H,2-5,7,9H2,1H3. The molecule has 0 aromatic carbocycles. The van der Waals surface area contributed by atoms with Crippen molar-refractivity contribution in [2.24, 2.45) is 0 Å². The first-order chi connectivity index (χ1) is 9.22. The molecule has 1 aromatic rings. The highest BCUT2D eigenvalue weighted by Gasteiger charge is 2.23. The summed E-state index contributed by atoms with van der Waals surface area (Å²) in [5, 5.41) is 3.43. The van der Waals surface area contributed by atoms with Gasteiger partial charge in [-0.1, -0.05) is 0 Å². The summed E-state index contributed by atoms with van der Waals surface area (Å²) in [6.45, 7) is 5.08. The highest BCUT2D eigenvalue weighted by atomic mass is 19.1. The van der Waals surface area contributed by atoms with Gasteiger partial charge in [0.05, 0.1) is 18.9 Å². The predicted molar refractivity (Wildman–Crippen MR) is 71.7 cm³/mol. The van der Waals surface area contributed by atoms with E-state index in [1.165, 1.54) is 19.0 Å². The van der Waals surface area contributed by atoms with E-state index in [2.05, 4.69) is 22.1 Å². The molecule has 1 atom stereocenters. The molecule has 2 heterocycles. The molecule has 0 spiro atoms. The van der Waals surface area contributed by atoms with Gasteiger partial charge in [0.25, 0.3) is 0 Å².